The summed E-state index contributed by atoms with van der Waals surface area (Å²) >= 11 is 9.62. The minimum Gasteiger partial charge on any atom is -0.307 e. The quantitative estimate of drug-likeness (QED) is 0.773. The molecule has 1 rings (SSSR count). The van der Waals surface area contributed by atoms with Gasteiger partial charge in [-0.3, -0.25) is 4.68 Å². The molecule has 1 N–H and O–H groups in total. The average Bonchev–Trinajstić information content (AvgIpc) is 2.59. The second-order valence-electron chi connectivity index (χ2n) is 5.05. The van der Waals surface area contributed by atoms with Crippen molar-refractivity contribution in [1.29, 1.82) is 0 Å². The highest BCUT2D eigenvalue weighted by molar-refractivity contribution is 9.10. The fourth-order valence-corrected chi connectivity index (χ4v) is 3.01. The maximum atomic E-state index is 5.99. The van der Waals surface area contributed by atoms with E-state index >= 15 is 0 Å². The van der Waals surface area contributed by atoms with Gasteiger partial charge in [0.25, 0.3) is 0 Å². The first-order valence-electron chi connectivity index (χ1n) is 6.49. The van der Waals surface area contributed by atoms with E-state index in [-0.39, 0.29) is 0 Å². The summed E-state index contributed by atoms with van der Waals surface area (Å²) in [6.07, 6.45) is 2.04. The van der Waals surface area contributed by atoms with Crippen molar-refractivity contribution >= 4 is 27.5 Å². The summed E-state index contributed by atoms with van der Waals surface area (Å²) in [5, 5.41) is 8.00. The predicted octanol–water partition coefficient (Wildman–Crippen LogP) is 3.49. The van der Waals surface area contributed by atoms with Crippen LogP contribution in [0.2, 0.25) is 0 Å². The number of nitrogens with zero attached hydrogens (tertiary/aromatic N) is 2. The molecule has 5 heteroatoms. The minimum atomic E-state index is 0.360. The highest BCUT2D eigenvalue weighted by Gasteiger charge is 2.15. The zero-order chi connectivity index (χ0) is 13.7. The SMILES string of the molecule is CCc1nn(C)c(CNC(CCl)CC(C)C)c1Br. The third kappa shape index (κ3) is 4.25. The van der Waals surface area contributed by atoms with Crippen LogP contribution in [0.4, 0.5) is 0 Å². The van der Waals surface area contributed by atoms with Gasteiger partial charge in [0, 0.05) is 25.5 Å². The number of rotatable bonds is 7. The Labute approximate surface area is 123 Å². The van der Waals surface area contributed by atoms with Gasteiger partial charge in [0.15, 0.2) is 0 Å². The minimum absolute atomic E-state index is 0.360. The first-order valence-corrected chi connectivity index (χ1v) is 7.81. The van der Waals surface area contributed by atoms with Crippen molar-refractivity contribution in [3.05, 3.63) is 15.9 Å². The van der Waals surface area contributed by atoms with Gasteiger partial charge >= 0.3 is 0 Å². The zero-order valence-corrected chi connectivity index (χ0v) is 14.0. The Kier molecular flexibility index (Phi) is 6.67. The van der Waals surface area contributed by atoms with Crippen LogP contribution in [0.25, 0.3) is 0 Å². The molecule has 0 aliphatic heterocycles. The molecule has 0 amide bonds. The van der Waals surface area contributed by atoms with Crippen LogP contribution in [0, 0.1) is 5.92 Å². The van der Waals surface area contributed by atoms with Crippen molar-refractivity contribution in [3.8, 4) is 0 Å². The first-order chi connectivity index (χ1) is 8.49. The molecule has 0 saturated carbocycles. The fourth-order valence-electron chi connectivity index (χ4n) is 2.02. The first kappa shape index (κ1) is 16.0. The van der Waals surface area contributed by atoms with Gasteiger partial charge in [-0.2, -0.15) is 5.10 Å². The van der Waals surface area contributed by atoms with E-state index in [4.69, 9.17) is 11.6 Å². The van der Waals surface area contributed by atoms with Gasteiger partial charge in [0.05, 0.1) is 15.9 Å². The van der Waals surface area contributed by atoms with E-state index in [1.54, 1.807) is 0 Å². The van der Waals surface area contributed by atoms with Crippen LogP contribution in [0.3, 0.4) is 0 Å². The van der Waals surface area contributed by atoms with Crippen LogP contribution in [0.5, 0.6) is 0 Å². The summed E-state index contributed by atoms with van der Waals surface area (Å²) in [7, 11) is 1.99. The number of aryl methyl sites for hydroxylation is 2. The largest absolute Gasteiger partial charge is 0.307 e. The Morgan fingerprint density at radius 1 is 1.44 bits per heavy atom. The molecular weight excluding hydrogens is 314 g/mol. The highest BCUT2D eigenvalue weighted by Crippen LogP contribution is 2.21. The Morgan fingerprint density at radius 3 is 2.56 bits per heavy atom. The summed E-state index contributed by atoms with van der Waals surface area (Å²) in [5.41, 5.74) is 2.30. The Bertz CT molecular complexity index is 377. The van der Waals surface area contributed by atoms with Crippen LogP contribution < -0.4 is 5.32 Å². The van der Waals surface area contributed by atoms with E-state index in [2.05, 4.69) is 47.1 Å². The van der Waals surface area contributed by atoms with Crippen molar-refractivity contribution in [1.82, 2.24) is 15.1 Å². The molecule has 0 bridgehead atoms. The van der Waals surface area contributed by atoms with Gasteiger partial charge in [0.1, 0.15) is 0 Å². The topological polar surface area (TPSA) is 29.9 Å². The van der Waals surface area contributed by atoms with Crippen molar-refractivity contribution in [2.75, 3.05) is 5.88 Å². The molecule has 1 atom stereocenters. The molecule has 0 aromatic carbocycles. The number of hydrogen-bond donors (Lipinski definition) is 1. The van der Waals surface area contributed by atoms with Crippen LogP contribution in [0.1, 0.15) is 38.6 Å². The Balaban J connectivity index is 2.64. The fraction of sp³-hybridized carbons (Fsp3) is 0.769. The lowest BCUT2D eigenvalue weighted by molar-refractivity contribution is 0.438. The van der Waals surface area contributed by atoms with Gasteiger partial charge in [-0.15, -0.1) is 11.6 Å². The standard InChI is InChI=1S/C13H23BrClN3/c1-5-11-13(14)12(18(4)17-11)8-16-10(7-15)6-9(2)3/h9-10,16H,5-8H2,1-4H3. The van der Waals surface area contributed by atoms with Crippen molar-refractivity contribution in [3.63, 3.8) is 0 Å². The summed E-state index contributed by atoms with van der Waals surface area (Å²) in [4.78, 5) is 0. The lowest BCUT2D eigenvalue weighted by Gasteiger charge is -2.18. The average molecular weight is 337 g/mol. The number of nitrogens with one attached hydrogen (secondary N) is 1. The molecule has 1 unspecified atom stereocenters. The van der Waals surface area contributed by atoms with E-state index in [1.807, 2.05) is 11.7 Å². The number of halogens is 2. The molecule has 1 aromatic heterocycles. The van der Waals surface area contributed by atoms with E-state index in [0.29, 0.717) is 17.8 Å². The summed E-state index contributed by atoms with van der Waals surface area (Å²) in [6, 6.07) is 0.360. The third-order valence-electron chi connectivity index (χ3n) is 3.00. The molecule has 0 fully saturated rings. The second kappa shape index (κ2) is 7.51. The smallest absolute Gasteiger partial charge is 0.0767 e. The zero-order valence-electron chi connectivity index (χ0n) is 11.6. The Morgan fingerprint density at radius 2 is 2.11 bits per heavy atom. The molecule has 0 spiro atoms. The molecule has 104 valence electrons. The molecule has 0 radical (unpaired) electrons. The van der Waals surface area contributed by atoms with Gasteiger partial charge in [-0.1, -0.05) is 20.8 Å². The maximum Gasteiger partial charge on any atom is 0.0767 e. The molecule has 0 saturated heterocycles. The lowest BCUT2D eigenvalue weighted by Crippen LogP contribution is -2.32. The van der Waals surface area contributed by atoms with Crippen LogP contribution >= 0.6 is 27.5 Å². The number of alkyl halides is 1. The van der Waals surface area contributed by atoms with E-state index in [9.17, 15) is 0 Å². The third-order valence-corrected chi connectivity index (χ3v) is 4.29. The highest BCUT2D eigenvalue weighted by atomic mass is 79.9. The van der Waals surface area contributed by atoms with Gasteiger partial charge in [-0.05, 0) is 34.7 Å². The van der Waals surface area contributed by atoms with Crippen molar-refractivity contribution in [2.24, 2.45) is 13.0 Å². The molecule has 0 aliphatic rings. The van der Waals surface area contributed by atoms with Gasteiger partial charge < -0.3 is 5.32 Å². The van der Waals surface area contributed by atoms with Crippen LogP contribution in [-0.2, 0) is 20.0 Å². The van der Waals surface area contributed by atoms with Crippen molar-refractivity contribution < 1.29 is 0 Å². The molecule has 1 aromatic rings. The second-order valence-corrected chi connectivity index (χ2v) is 6.15. The van der Waals surface area contributed by atoms with E-state index in [1.165, 1.54) is 5.69 Å². The molecule has 18 heavy (non-hydrogen) atoms. The van der Waals surface area contributed by atoms with Crippen LogP contribution in [-0.4, -0.2) is 21.7 Å². The molecular formula is C13H23BrClN3. The van der Waals surface area contributed by atoms with E-state index in [0.717, 1.165) is 29.6 Å². The molecule has 0 aliphatic carbocycles. The van der Waals surface area contributed by atoms with E-state index < -0.39 is 0 Å². The number of hydrogen-bond acceptors (Lipinski definition) is 2. The normalized spacial score (nSPS) is 13.3. The monoisotopic (exact) mass is 335 g/mol. The van der Waals surface area contributed by atoms with Gasteiger partial charge in [-0.25, -0.2) is 0 Å². The summed E-state index contributed by atoms with van der Waals surface area (Å²) in [5.74, 6) is 1.30. The summed E-state index contributed by atoms with van der Waals surface area (Å²) in [6.45, 7) is 7.35. The van der Waals surface area contributed by atoms with Crippen LogP contribution in [0.15, 0.2) is 4.47 Å². The van der Waals surface area contributed by atoms with Crippen molar-refractivity contribution in [2.45, 2.75) is 46.2 Å². The Hall–Kier alpha value is -0.0600. The van der Waals surface area contributed by atoms with Gasteiger partial charge in [0.2, 0.25) is 0 Å². The maximum absolute atomic E-state index is 5.99. The molecule has 3 nitrogen and oxygen atoms in total. The number of aromatic nitrogens is 2. The lowest BCUT2D eigenvalue weighted by atomic mass is 10.1. The predicted molar refractivity (Wildman–Crippen MR) is 81.1 cm³/mol. The molecule has 1 heterocycles. The summed E-state index contributed by atoms with van der Waals surface area (Å²) < 4.78 is 3.06.